The molecule has 1 saturated heterocycles. The van der Waals surface area contributed by atoms with Gasteiger partial charge in [0.15, 0.2) is 0 Å². The highest BCUT2D eigenvalue weighted by atomic mass is 19.1. The summed E-state index contributed by atoms with van der Waals surface area (Å²) in [7, 11) is 5.16. The van der Waals surface area contributed by atoms with Gasteiger partial charge in [0.05, 0.1) is 24.1 Å². The van der Waals surface area contributed by atoms with Crippen LogP contribution in [0.5, 0.6) is 5.75 Å². The van der Waals surface area contributed by atoms with E-state index in [1.165, 1.54) is 24.3 Å². The summed E-state index contributed by atoms with van der Waals surface area (Å²) in [4.78, 5) is 41.1. The SMILES string of the molecule is CN(C)C(=O)C[C@@H]1CC[C@H]2[C@@H](COc3ccc(NC(=O)c4ccc(F)cc4)cc3C(=O)N2C)O1. The maximum absolute atomic E-state index is 13.3. The second kappa shape index (κ2) is 9.80. The van der Waals surface area contributed by atoms with Crippen molar-refractivity contribution in [3.8, 4) is 5.75 Å². The van der Waals surface area contributed by atoms with Gasteiger partial charge in [-0.2, -0.15) is 0 Å². The minimum Gasteiger partial charge on any atom is -0.490 e. The van der Waals surface area contributed by atoms with Gasteiger partial charge in [-0.1, -0.05) is 0 Å². The summed E-state index contributed by atoms with van der Waals surface area (Å²) in [5.74, 6) is -0.685. The van der Waals surface area contributed by atoms with E-state index in [2.05, 4.69) is 5.32 Å². The van der Waals surface area contributed by atoms with Crippen molar-refractivity contribution >= 4 is 23.4 Å². The number of nitrogens with zero attached hydrogens (tertiary/aromatic N) is 2. The largest absolute Gasteiger partial charge is 0.490 e. The molecule has 8 nitrogen and oxygen atoms in total. The van der Waals surface area contributed by atoms with Crippen LogP contribution in [0.3, 0.4) is 0 Å². The number of carbonyl (C=O) groups excluding carboxylic acids is 3. The first-order valence-corrected chi connectivity index (χ1v) is 11.2. The minimum absolute atomic E-state index is 0.000188. The van der Waals surface area contributed by atoms with Crippen LogP contribution < -0.4 is 10.1 Å². The predicted molar refractivity (Wildman–Crippen MR) is 123 cm³/mol. The molecule has 0 bridgehead atoms. The summed E-state index contributed by atoms with van der Waals surface area (Å²) >= 11 is 0. The van der Waals surface area contributed by atoms with Crippen LogP contribution in [0.4, 0.5) is 10.1 Å². The zero-order valence-corrected chi connectivity index (χ0v) is 19.4. The summed E-state index contributed by atoms with van der Waals surface area (Å²) in [6.45, 7) is 0.239. The lowest BCUT2D eigenvalue weighted by atomic mass is 9.94. The number of benzene rings is 2. The van der Waals surface area contributed by atoms with Crippen LogP contribution in [0.15, 0.2) is 42.5 Å². The molecule has 3 amide bonds. The van der Waals surface area contributed by atoms with Crippen molar-refractivity contribution in [2.75, 3.05) is 33.1 Å². The Balaban J connectivity index is 1.50. The third-order valence-electron chi connectivity index (χ3n) is 6.28. The van der Waals surface area contributed by atoms with E-state index in [9.17, 15) is 18.8 Å². The van der Waals surface area contributed by atoms with Crippen LogP contribution in [0.1, 0.15) is 40.0 Å². The van der Waals surface area contributed by atoms with Crippen LogP contribution in [0.25, 0.3) is 0 Å². The molecule has 2 aliphatic heterocycles. The fraction of sp³-hybridized carbons (Fsp3) is 0.400. The number of hydrogen-bond acceptors (Lipinski definition) is 5. The van der Waals surface area contributed by atoms with E-state index in [4.69, 9.17) is 9.47 Å². The standard InChI is InChI=1S/C25H28FN3O5/c1-28(2)23(30)13-18-9-10-20-22(34-18)14-33-21-11-8-17(12-19(21)25(32)29(20)3)27-24(31)15-4-6-16(26)7-5-15/h4-8,11-12,18,20,22H,9-10,13-14H2,1-3H3,(H,27,31)/t18-,20-,22+/m0/s1. The molecular formula is C25H28FN3O5. The van der Waals surface area contributed by atoms with E-state index in [0.29, 0.717) is 41.8 Å². The Bertz CT molecular complexity index is 1090. The quantitative estimate of drug-likeness (QED) is 0.744. The Morgan fingerprint density at radius 3 is 2.59 bits per heavy atom. The molecule has 2 heterocycles. The van der Waals surface area contributed by atoms with E-state index in [-0.39, 0.29) is 36.7 Å². The molecule has 2 aliphatic rings. The molecular weight excluding hydrogens is 441 g/mol. The van der Waals surface area contributed by atoms with Gasteiger partial charge in [-0.3, -0.25) is 14.4 Å². The Kier molecular flexibility index (Phi) is 6.83. The molecule has 0 saturated carbocycles. The summed E-state index contributed by atoms with van der Waals surface area (Å²) in [6.07, 6.45) is 1.08. The lowest BCUT2D eigenvalue weighted by molar-refractivity contribution is -0.140. The zero-order valence-electron chi connectivity index (χ0n) is 19.4. The molecule has 9 heteroatoms. The van der Waals surface area contributed by atoms with Crippen molar-refractivity contribution < 1.29 is 28.2 Å². The molecule has 0 unspecified atom stereocenters. The number of ether oxygens (including phenoxy) is 2. The fourth-order valence-electron chi connectivity index (χ4n) is 4.29. The van der Waals surface area contributed by atoms with Crippen LogP contribution in [0, 0.1) is 5.82 Å². The Morgan fingerprint density at radius 2 is 1.88 bits per heavy atom. The third kappa shape index (κ3) is 5.04. The summed E-state index contributed by atoms with van der Waals surface area (Å²) in [5.41, 5.74) is 1.07. The van der Waals surface area contributed by atoms with Gasteiger partial charge in [0.25, 0.3) is 11.8 Å². The maximum Gasteiger partial charge on any atom is 0.257 e. The Morgan fingerprint density at radius 1 is 1.15 bits per heavy atom. The highest BCUT2D eigenvalue weighted by Gasteiger charge is 2.39. The average Bonchev–Trinajstić information content (AvgIpc) is 2.82. The molecule has 2 aromatic rings. The second-order valence-electron chi connectivity index (χ2n) is 8.83. The average molecular weight is 470 g/mol. The number of hydrogen-bond donors (Lipinski definition) is 1. The number of carbonyl (C=O) groups is 3. The van der Waals surface area contributed by atoms with E-state index in [1.807, 2.05) is 0 Å². The molecule has 0 aromatic heterocycles. The van der Waals surface area contributed by atoms with Crippen molar-refractivity contribution in [3.63, 3.8) is 0 Å². The third-order valence-corrected chi connectivity index (χ3v) is 6.28. The summed E-state index contributed by atoms with van der Waals surface area (Å²) in [6, 6.07) is 9.88. The molecule has 1 fully saturated rings. The zero-order chi connectivity index (χ0) is 24.4. The molecule has 2 aromatic carbocycles. The number of fused-ring (bicyclic) bond motifs is 2. The van der Waals surface area contributed by atoms with Gasteiger partial charge in [0, 0.05) is 32.4 Å². The lowest BCUT2D eigenvalue weighted by Gasteiger charge is -2.42. The van der Waals surface area contributed by atoms with E-state index in [1.54, 1.807) is 49.1 Å². The van der Waals surface area contributed by atoms with Crippen molar-refractivity contribution in [3.05, 3.63) is 59.4 Å². The van der Waals surface area contributed by atoms with Crippen LogP contribution >= 0.6 is 0 Å². The van der Waals surface area contributed by atoms with Gasteiger partial charge in [-0.05, 0) is 55.3 Å². The number of likely N-dealkylation sites (N-methyl/N-ethyl adjacent to an activating group) is 1. The molecule has 34 heavy (non-hydrogen) atoms. The van der Waals surface area contributed by atoms with Crippen LogP contribution in [0.2, 0.25) is 0 Å². The first-order chi connectivity index (χ1) is 16.2. The van der Waals surface area contributed by atoms with Gasteiger partial charge < -0.3 is 24.6 Å². The number of nitrogens with one attached hydrogen (secondary N) is 1. The number of amides is 3. The maximum atomic E-state index is 13.3. The van der Waals surface area contributed by atoms with E-state index in [0.717, 1.165) is 0 Å². The minimum atomic E-state index is -0.427. The van der Waals surface area contributed by atoms with Gasteiger partial charge in [0.2, 0.25) is 5.91 Å². The predicted octanol–water partition coefficient (Wildman–Crippen LogP) is 2.94. The smallest absolute Gasteiger partial charge is 0.257 e. The first kappa shape index (κ1) is 23.7. The topological polar surface area (TPSA) is 88.2 Å². The number of rotatable bonds is 4. The normalized spacial score (nSPS) is 21.9. The highest BCUT2D eigenvalue weighted by Crippen LogP contribution is 2.32. The van der Waals surface area contributed by atoms with Gasteiger partial charge >= 0.3 is 0 Å². The van der Waals surface area contributed by atoms with Crippen molar-refractivity contribution in [1.82, 2.24) is 9.80 Å². The van der Waals surface area contributed by atoms with Crippen LogP contribution in [-0.4, -0.2) is 73.5 Å². The highest BCUT2D eigenvalue weighted by molar-refractivity contribution is 6.05. The molecule has 180 valence electrons. The number of halogens is 1. The molecule has 1 N–H and O–H groups in total. The number of anilines is 1. The monoisotopic (exact) mass is 469 g/mol. The van der Waals surface area contributed by atoms with Crippen molar-refractivity contribution in [2.24, 2.45) is 0 Å². The summed E-state index contributed by atoms with van der Waals surface area (Å²) in [5, 5.41) is 2.74. The van der Waals surface area contributed by atoms with E-state index >= 15 is 0 Å². The molecule has 4 rings (SSSR count). The summed E-state index contributed by atoms with van der Waals surface area (Å²) < 4.78 is 25.2. The molecule has 0 aliphatic carbocycles. The Labute approximate surface area is 197 Å². The van der Waals surface area contributed by atoms with Gasteiger partial charge in [0.1, 0.15) is 24.3 Å². The lowest BCUT2D eigenvalue weighted by Crippen LogP contribution is -2.53. The van der Waals surface area contributed by atoms with Gasteiger partial charge in [-0.25, -0.2) is 4.39 Å². The Hall–Kier alpha value is -3.46. The molecule has 0 radical (unpaired) electrons. The van der Waals surface area contributed by atoms with Crippen LogP contribution in [-0.2, 0) is 9.53 Å². The van der Waals surface area contributed by atoms with Gasteiger partial charge in [-0.15, -0.1) is 0 Å². The molecule has 0 spiro atoms. The molecule has 3 atom stereocenters. The second-order valence-corrected chi connectivity index (χ2v) is 8.83. The van der Waals surface area contributed by atoms with Crippen molar-refractivity contribution in [2.45, 2.75) is 37.5 Å². The first-order valence-electron chi connectivity index (χ1n) is 11.2. The van der Waals surface area contributed by atoms with Crippen molar-refractivity contribution in [1.29, 1.82) is 0 Å². The fourth-order valence-corrected chi connectivity index (χ4v) is 4.29. The van der Waals surface area contributed by atoms with E-state index < -0.39 is 11.7 Å².